The summed E-state index contributed by atoms with van der Waals surface area (Å²) < 4.78 is 24.3. The van der Waals surface area contributed by atoms with Crippen molar-refractivity contribution in [2.45, 2.75) is 45.6 Å². The van der Waals surface area contributed by atoms with Crippen LogP contribution in [-0.4, -0.2) is 41.5 Å². The molecule has 0 saturated carbocycles. The van der Waals surface area contributed by atoms with E-state index in [0.29, 0.717) is 19.4 Å². The second-order valence-electron chi connectivity index (χ2n) is 3.83. The summed E-state index contributed by atoms with van der Waals surface area (Å²) in [5, 5.41) is 8.40. The van der Waals surface area contributed by atoms with Crippen LogP contribution in [0.15, 0.2) is 0 Å². The maximum absolute atomic E-state index is 12.1. The van der Waals surface area contributed by atoms with Gasteiger partial charge in [-0.2, -0.15) is 0 Å². The largest absolute Gasteiger partial charge is 0.481 e. The summed E-state index contributed by atoms with van der Waals surface area (Å²) >= 11 is 0. The van der Waals surface area contributed by atoms with E-state index in [1.807, 2.05) is 13.8 Å². The van der Waals surface area contributed by atoms with Gasteiger partial charge in [-0.25, -0.2) is 8.78 Å². The van der Waals surface area contributed by atoms with Crippen LogP contribution in [0.1, 0.15) is 33.1 Å². The Kier molecular flexibility index (Phi) is 11.0. The summed E-state index contributed by atoms with van der Waals surface area (Å²) in [5.41, 5.74) is 0. The topological polar surface area (TPSA) is 40.5 Å². The Labute approximate surface area is 101 Å². The summed E-state index contributed by atoms with van der Waals surface area (Å²) in [4.78, 5) is 11.9. The van der Waals surface area contributed by atoms with Gasteiger partial charge in [0.1, 0.15) is 0 Å². The van der Waals surface area contributed by atoms with Crippen LogP contribution in [0.5, 0.6) is 0 Å². The predicted molar refractivity (Wildman–Crippen MR) is 61.4 cm³/mol. The summed E-state index contributed by atoms with van der Waals surface area (Å²) in [5.74, 6) is -0.833. The molecule has 0 aliphatic carbocycles. The van der Waals surface area contributed by atoms with Crippen LogP contribution in [0, 0.1) is 0 Å². The van der Waals surface area contributed by atoms with Gasteiger partial charge in [-0.3, -0.25) is 9.69 Å². The summed E-state index contributed by atoms with van der Waals surface area (Å²) in [6.07, 6.45) is -1.02. The number of aliphatic carboxylic acids is 1. The Hall–Kier alpha value is -0.420. The van der Waals surface area contributed by atoms with Crippen molar-refractivity contribution in [2.75, 3.05) is 13.1 Å². The van der Waals surface area contributed by atoms with Gasteiger partial charge < -0.3 is 5.11 Å². The van der Waals surface area contributed by atoms with Crippen LogP contribution in [0.2, 0.25) is 0 Å². The summed E-state index contributed by atoms with van der Waals surface area (Å²) in [6.45, 7) is 4.03. The van der Waals surface area contributed by atoms with E-state index in [4.69, 9.17) is 5.11 Å². The number of carboxylic acid groups (broad SMARTS) is 1. The van der Waals surface area contributed by atoms with Crippen molar-refractivity contribution in [1.82, 2.24) is 4.90 Å². The summed E-state index contributed by atoms with van der Waals surface area (Å²) in [7, 11) is 0. The molecule has 0 aromatic heterocycles. The second-order valence-corrected chi connectivity index (χ2v) is 3.83. The van der Waals surface area contributed by atoms with Crippen LogP contribution in [-0.2, 0) is 4.79 Å². The number of hydrogen-bond acceptors (Lipinski definition) is 2. The highest BCUT2D eigenvalue weighted by atomic mass is 35.5. The van der Waals surface area contributed by atoms with E-state index in [1.165, 1.54) is 0 Å². The number of unbranched alkanes of at least 4 members (excludes halogenated alkanes) is 1. The van der Waals surface area contributed by atoms with Gasteiger partial charge in [0.05, 0.1) is 6.54 Å². The lowest BCUT2D eigenvalue weighted by molar-refractivity contribution is -0.137. The average molecular weight is 260 g/mol. The number of halogens is 3. The average Bonchev–Trinajstić information content (AvgIpc) is 2.08. The molecule has 0 amide bonds. The van der Waals surface area contributed by atoms with Gasteiger partial charge in [0.25, 0.3) is 6.43 Å². The van der Waals surface area contributed by atoms with Crippen molar-refractivity contribution < 1.29 is 18.7 Å². The first-order valence-corrected chi connectivity index (χ1v) is 5.17. The Morgan fingerprint density at radius 2 is 1.88 bits per heavy atom. The zero-order valence-electron chi connectivity index (χ0n) is 9.66. The van der Waals surface area contributed by atoms with Gasteiger partial charge in [-0.05, 0) is 33.2 Å². The molecule has 0 bridgehead atoms. The van der Waals surface area contributed by atoms with Gasteiger partial charge in [0, 0.05) is 12.5 Å². The van der Waals surface area contributed by atoms with Crippen LogP contribution >= 0.6 is 12.4 Å². The molecule has 1 N–H and O–H groups in total. The molecule has 3 nitrogen and oxygen atoms in total. The fourth-order valence-electron chi connectivity index (χ4n) is 1.33. The Bertz CT molecular complexity index is 192. The molecule has 0 atom stereocenters. The number of alkyl halides is 2. The van der Waals surface area contributed by atoms with Crippen molar-refractivity contribution in [2.24, 2.45) is 0 Å². The Balaban J connectivity index is 0. The van der Waals surface area contributed by atoms with Crippen molar-refractivity contribution >= 4 is 18.4 Å². The predicted octanol–water partition coefficient (Wildman–Crippen LogP) is 2.64. The SMILES string of the molecule is CC(C)N(CCCCC(=O)O)CC(F)F.Cl. The van der Waals surface area contributed by atoms with E-state index in [2.05, 4.69) is 0 Å². The van der Waals surface area contributed by atoms with Crippen LogP contribution in [0.3, 0.4) is 0 Å². The first-order valence-electron chi connectivity index (χ1n) is 5.17. The smallest absolute Gasteiger partial charge is 0.303 e. The quantitative estimate of drug-likeness (QED) is 0.682. The first kappa shape index (κ1) is 18.0. The molecule has 0 saturated heterocycles. The van der Waals surface area contributed by atoms with Crippen LogP contribution in [0.4, 0.5) is 8.78 Å². The first-order chi connectivity index (χ1) is 6.93. The molecule has 0 aliphatic rings. The van der Waals surface area contributed by atoms with Gasteiger partial charge in [-0.15, -0.1) is 12.4 Å². The zero-order valence-corrected chi connectivity index (χ0v) is 10.5. The maximum Gasteiger partial charge on any atom is 0.303 e. The van der Waals surface area contributed by atoms with Crippen molar-refractivity contribution in [3.63, 3.8) is 0 Å². The van der Waals surface area contributed by atoms with Gasteiger partial charge in [0.2, 0.25) is 0 Å². The van der Waals surface area contributed by atoms with Crippen molar-refractivity contribution in [3.8, 4) is 0 Å². The third-order valence-corrected chi connectivity index (χ3v) is 2.19. The molecule has 0 radical (unpaired) electrons. The number of rotatable bonds is 8. The molecular weight excluding hydrogens is 240 g/mol. The Morgan fingerprint density at radius 1 is 1.31 bits per heavy atom. The highest BCUT2D eigenvalue weighted by molar-refractivity contribution is 5.85. The molecule has 0 aromatic rings. The van der Waals surface area contributed by atoms with Gasteiger partial charge >= 0.3 is 5.97 Å². The molecule has 0 unspecified atom stereocenters. The minimum absolute atomic E-state index is 0. The number of carboxylic acids is 1. The molecule has 0 heterocycles. The van der Waals surface area contributed by atoms with E-state index >= 15 is 0 Å². The number of nitrogens with zero attached hydrogens (tertiary/aromatic N) is 1. The molecule has 0 rings (SSSR count). The van der Waals surface area contributed by atoms with Crippen molar-refractivity contribution in [3.05, 3.63) is 0 Å². The minimum Gasteiger partial charge on any atom is -0.481 e. The lowest BCUT2D eigenvalue weighted by Gasteiger charge is -2.25. The van der Waals surface area contributed by atoms with Gasteiger partial charge in [0.15, 0.2) is 0 Å². The van der Waals surface area contributed by atoms with E-state index in [0.717, 1.165) is 0 Å². The molecule has 0 spiro atoms. The Morgan fingerprint density at radius 3 is 2.25 bits per heavy atom. The lowest BCUT2D eigenvalue weighted by Crippen LogP contribution is -2.35. The zero-order chi connectivity index (χ0) is 11.8. The highest BCUT2D eigenvalue weighted by Gasteiger charge is 2.14. The lowest BCUT2D eigenvalue weighted by atomic mass is 10.2. The maximum atomic E-state index is 12.1. The third-order valence-electron chi connectivity index (χ3n) is 2.19. The molecule has 6 heteroatoms. The standard InChI is InChI=1S/C10H19F2NO2.ClH/c1-8(2)13(7-9(11)12)6-4-3-5-10(14)15;/h8-9H,3-7H2,1-2H3,(H,14,15);1H. The normalized spacial score (nSPS) is 10.9. The molecule has 0 aromatic carbocycles. The minimum atomic E-state index is -2.33. The van der Waals surface area contributed by atoms with E-state index < -0.39 is 12.4 Å². The van der Waals surface area contributed by atoms with Gasteiger partial charge in [-0.1, -0.05) is 0 Å². The van der Waals surface area contributed by atoms with E-state index in [-0.39, 0.29) is 31.4 Å². The monoisotopic (exact) mass is 259 g/mol. The molecule has 98 valence electrons. The molecule has 0 fully saturated rings. The number of hydrogen-bond donors (Lipinski definition) is 1. The van der Waals surface area contributed by atoms with Crippen LogP contribution in [0.25, 0.3) is 0 Å². The fraction of sp³-hybridized carbons (Fsp3) is 0.900. The molecule has 0 aliphatic heterocycles. The van der Waals surface area contributed by atoms with E-state index in [9.17, 15) is 13.6 Å². The highest BCUT2D eigenvalue weighted by Crippen LogP contribution is 2.06. The van der Waals surface area contributed by atoms with Crippen molar-refractivity contribution in [1.29, 1.82) is 0 Å². The number of carbonyl (C=O) groups is 1. The molecular formula is C10H20ClF2NO2. The summed E-state index contributed by atoms with van der Waals surface area (Å²) in [6, 6.07) is 0.0730. The molecule has 16 heavy (non-hydrogen) atoms. The third kappa shape index (κ3) is 10.1. The van der Waals surface area contributed by atoms with Crippen LogP contribution < -0.4 is 0 Å². The fourth-order valence-corrected chi connectivity index (χ4v) is 1.33. The second kappa shape index (κ2) is 9.78. The van der Waals surface area contributed by atoms with E-state index in [1.54, 1.807) is 4.90 Å².